The zero-order valence-corrected chi connectivity index (χ0v) is 13.4. The molecule has 0 aliphatic heterocycles. The molecule has 5 heteroatoms. The molecule has 0 radical (unpaired) electrons. The second kappa shape index (κ2) is 7.22. The van der Waals surface area contributed by atoms with Crippen molar-refractivity contribution < 1.29 is 13.6 Å². The number of hydrogen-bond acceptors (Lipinski definition) is 1. The van der Waals surface area contributed by atoms with Gasteiger partial charge in [0.1, 0.15) is 11.6 Å². The molecule has 2 amide bonds. The van der Waals surface area contributed by atoms with Crippen molar-refractivity contribution in [1.82, 2.24) is 10.2 Å². The van der Waals surface area contributed by atoms with Gasteiger partial charge in [-0.2, -0.15) is 0 Å². The Balaban J connectivity index is 2.01. The summed E-state index contributed by atoms with van der Waals surface area (Å²) in [5.41, 5.74) is 1.67. The minimum Gasteiger partial charge on any atom is -0.331 e. The SMILES string of the molecule is CC(NC(=O)N(C)C(C)c1ccc(F)cc1)c1ccc(F)cc1. The molecular formula is C18H20F2N2O. The predicted octanol–water partition coefficient (Wildman–Crippen LogP) is 4.43. The number of carbonyl (C=O) groups excluding carboxylic acids is 1. The second-order valence-corrected chi connectivity index (χ2v) is 5.56. The molecule has 0 aliphatic carbocycles. The van der Waals surface area contributed by atoms with Crippen molar-refractivity contribution >= 4 is 6.03 Å². The van der Waals surface area contributed by atoms with E-state index in [9.17, 15) is 13.6 Å². The summed E-state index contributed by atoms with van der Waals surface area (Å²) >= 11 is 0. The van der Waals surface area contributed by atoms with E-state index in [1.165, 1.54) is 24.3 Å². The van der Waals surface area contributed by atoms with Gasteiger partial charge in [-0.3, -0.25) is 0 Å². The first kappa shape index (κ1) is 16.9. The van der Waals surface area contributed by atoms with E-state index in [0.717, 1.165) is 11.1 Å². The number of rotatable bonds is 4. The van der Waals surface area contributed by atoms with Crippen molar-refractivity contribution in [1.29, 1.82) is 0 Å². The lowest BCUT2D eigenvalue weighted by atomic mass is 10.1. The maximum Gasteiger partial charge on any atom is 0.318 e. The molecule has 0 fully saturated rings. The lowest BCUT2D eigenvalue weighted by Gasteiger charge is -2.27. The molecule has 0 bridgehead atoms. The summed E-state index contributed by atoms with van der Waals surface area (Å²) in [6.45, 7) is 3.71. The van der Waals surface area contributed by atoms with E-state index in [-0.39, 0.29) is 29.7 Å². The van der Waals surface area contributed by atoms with Crippen LogP contribution in [0.2, 0.25) is 0 Å². The quantitative estimate of drug-likeness (QED) is 0.889. The summed E-state index contributed by atoms with van der Waals surface area (Å²) in [5, 5.41) is 2.87. The average molecular weight is 318 g/mol. The molecule has 0 aliphatic rings. The maximum atomic E-state index is 13.0. The Morgan fingerprint density at radius 2 is 1.35 bits per heavy atom. The fourth-order valence-electron chi connectivity index (χ4n) is 2.26. The summed E-state index contributed by atoms with van der Waals surface area (Å²) in [4.78, 5) is 13.9. The number of benzene rings is 2. The molecule has 2 rings (SSSR count). The van der Waals surface area contributed by atoms with Crippen LogP contribution < -0.4 is 5.32 Å². The van der Waals surface area contributed by atoms with Crippen LogP contribution in [0.5, 0.6) is 0 Å². The Hall–Kier alpha value is -2.43. The summed E-state index contributed by atoms with van der Waals surface area (Å²) < 4.78 is 25.9. The van der Waals surface area contributed by atoms with Gasteiger partial charge in [0, 0.05) is 7.05 Å². The third-order valence-corrected chi connectivity index (χ3v) is 3.96. The molecule has 0 aromatic heterocycles. The van der Waals surface area contributed by atoms with Gasteiger partial charge in [0.15, 0.2) is 0 Å². The van der Waals surface area contributed by atoms with Crippen molar-refractivity contribution in [3.05, 3.63) is 71.3 Å². The maximum absolute atomic E-state index is 13.0. The van der Waals surface area contributed by atoms with Crippen molar-refractivity contribution in [3.8, 4) is 0 Å². The number of amides is 2. The molecule has 2 atom stereocenters. The molecule has 0 saturated carbocycles. The summed E-state index contributed by atoms with van der Waals surface area (Å²) in [7, 11) is 1.68. The van der Waals surface area contributed by atoms with Gasteiger partial charge in [-0.25, -0.2) is 13.6 Å². The van der Waals surface area contributed by atoms with E-state index in [1.807, 2.05) is 13.8 Å². The van der Waals surface area contributed by atoms with Crippen LogP contribution in [0.25, 0.3) is 0 Å². The number of carbonyl (C=O) groups is 1. The van der Waals surface area contributed by atoms with Crippen LogP contribution in [0.1, 0.15) is 37.1 Å². The number of nitrogens with one attached hydrogen (secondary N) is 1. The highest BCUT2D eigenvalue weighted by atomic mass is 19.1. The smallest absolute Gasteiger partial charge is 0.318 e. The lowest BCUT2D eigenvalue weighted by Crippen LogP contribution is -2.39. The third-order valence-electron chi connectivity index (χ3n) is 3.96. The van der Waals surface area contributed by atoms with E-state index in [4.69, 9.17) is 0 Å². The first-order valence-electron chi connectivity index (χ1n) is 7.42. The van der Waals surface area contributed by atoms with Gasteiger partial charge >= 0.3 is 6.03 Å². The van der Waals surface area contributed by atoms with Gasteiger partial charge in [0.05, 0.1) is 12.1 Å². The first-order chi connectivity index (χ1) is 10.9. The lowest BCUT2D eigenvalue weighted by molar-refractivity contribution is 0.191. The third kappa shape index (κ3) is 4.28. The van der Waals surface area contributed by atoms with E-state index in [0.29, 0.717) is 0 Å². The molecule has 0 heterocycles. The zero-order chi connectivity index (χ0) is 17.0. The summed E-state index contributed by atoms with van der Waals surface area (Å²) in [6, 6.07) is 11.4. The fraction of sp³-hybridized carbons (Fsp3) is 0.278. The van der Waals surface area contributed by atoms with E-state index >= 15 is 0 Å². The van der Waals surface area contributed by atoms with Crippen LogP contribution in [0.3, 0.4) is 0 Å². The van der Waals surface area contributed by atoms with Gasteiger partial charge in [0.2, 0.25) is 0 Å². The molecule has 23 heavy (non-hydrogen) atoms. The van der Waals surface area contributed by atoms with E-state index in [2.05, 4.69) is 5.32 Å². The highest BCUT2D eigenvalue weighted by Gasteiger charge is 2.19. The zero-order valence-electron chi connectivity index (χ0n) is 13.4. The van der Waals surface area contributed by atoms with Crippen LogP contribution in [-0.4, -0.2) is 18.0 Å². The molecule has 2 aromatic carbocycles. The largest absolute Gasteiger partial charge is 0.331 e. The Morgan fingerprint density at radius 1 is 0.913 bits per heavy atom. The van der Waals surface area contributed by atoms with Crippen LogP contribution in [0, 0.1) is 11.6 Å². The van der Waals surface area contributed by atoms with Gasteiger partial charge in [-0.1, -0.05) is 24.3 Å². The highest BCUT2D eigenvalue weighted by Crippen LogP contribution is 2.20. The van der Waals surface area contributed by atoms with Gasteiger partial charge in [-0.15, -0.1) is 0 Å². The second-order valence-electron chi connectivity index (χ2n) is 5.56. The number of halogens is 2. The molecule has 3 nitrogen and oxygen atoms in total. The average Bonchev–Trinajstić information content (AvgIpc) is 2.54. The normalized spacial score (nSPS) is 13.3. The molecule has 0 saturated heterocycles. The number of hydrogen-bond donors (Lipinski definition) is 1. The summed E-state index contributed by atoms with van der Waals surface area (Å²) in [6.07, 6.45) is 0. The van der Waals surface area contributed by atoms with E-state index in [1.54, 1.807) is 36.2 Å². The monoisotopic (exact) mass is 318 g/mol. The molecule has 2 unspecified atom stereocenters. The fourth-order valence-corrected chi connectivity index (χ4v) is 2.26. The molecule has 122 valence electrons. The Morgan fingerprint density at radius 3 is 1.83 bits per heavy atom. The molecule has 1 N–H and O–H groups in total. The standard InChI is InChI=1S/C18H20F2N2O/c1-12(14-4-8-16(19)9-5-14)21-18(23)22(3)13(2)15-6-10-17(20)11-7-15/h4-13H,1-3H3,(H,21,23). The Labute approximate surface area is 134 Å². The van der Waals surface area contributed by atoms with Gasteiger partial charge in [0.25, 0.3) is 0 Å². The molecular weight excluding hydrogens is 298 g/mol. The minimum atomic E-state index is -0.311. The predicted molar refractivity (Wildman–Crippen MR) is 85.9 cm³/mol. The van der Waals surface area contributed by atoms with Crippen LogP contribution in [0.4, 0.5) is 13.6 Å². The summed E-state index contributed by atoms with van der Waals surface area (Å²) in [5.74, 6) is -0.618. The topological polar surface area (TPSA) is 32.3 Å². The number of urea groups is 1. The Kier molecular flexibility index (Phi) is 5.32. The van der Waals surface area contributed by atoms with Gasteiger partial charge in [-0.05, 0) is 49.2 Å². The molecule has 2 aromatic rings. The van der Waals surface area contributed by atoms with Crippen LogP contribution in [-0.2, 0) is 0 Å². The van der Waals surface area contributed by atoms with Crippen LogP contribution >= 0.6 is 0 Å². The Bertz CT molecular complexity index is 656. The van der Waals surface area contributed by atoms with Crippen molar-refractivity contribution in [2.45, 2.75) is 25.9 Å². The van der Waals surface area contributed by atoms with Crippen molar-refractivity contribution in [2.24, 2.45) is 0 Å². The van der Waals surface area contributed by atoms with Crippen molar-refractivity contribution in [2.75, 3.05) is 7.05 Å². The minimum absolute atomic E-state index is 0.198. The molecule has 0 spiro atoms. The van der Waals surface area contributed by atoms with Gasteiger partial charge < -0.3 is 10.2 Å². The van der Waals surface area contributed by atoms with E-state index < -0.39 is 0 Å². The first-order valence-corrected chi connectivity index (χ1v) is 7.42. The van der Waals surface area contributed by atoms with Crippen molar-refractivity contribution in [3.63, 3.8) is 0 Å². The number of nitrogens with zero attached hydrogens (tertiary/aromatic N) is 1. The highest BCUT2D eigenvalue weighted by molar-refractivity contribution is 5.75. The van der Waals surface area contributed by atoms with Crippen LogP contribution in [0.15, 0.2) is 48.5 Å².